The molecule has 0 unspecified atom stereocenters. The Kier molecular flexibility index (Phi) is 6.38. The van der Waals surface area contributed by atoms with Crippen LogP contribution in [0.25, 0.3) is 81.3 Å². The smallest absolute Gasteiger partial charge is 0.0616 e. The average molecular weight is 732 g/mol. The summed E-state index contributed by atoms with van der Waals surface area (Å²) >= 11 is -0.541. The van der Waals surface area contributed by atoms with E-state index < -0.39 is 14.6 Å². The van der Waals surface area contributed by atoms with Crippen molar-refractivity contribution in [2.24, 2.45) is 0 Å². The molecule has 0 bridgehead atoms. The Labute approximate surface area is 301 Å². The third-order valence-corrected chi connectivity index (χ3v) is 16.7. The van der Waals surface area contributed by atoms with Gasteiger partial charge in [0.05, 0.1) is 0 Å². The molecule has 11 rings (SSSR count). The quantitative estimate of drug-likeness (QED) is 0.166. The van der Waals surface area contributed by atoms with E-state index in [4.69, 9.17) is 14.4 Å². The van der Waals surface area contributed by atoms with Crippen molar-refractivity contribution in [3.63, 3.8) is 0 Å². The molecule has 0 amide bonds. The molecule has 0 aliphatic heterocycles. The predicted molar refractivity (Wildman–Crippen MR) is 213 cm³/mol. The van der Waals surface area contributed by atoms with Gasteiger partial charge in [-0.05, 0) is 0 Å². The van der Waals surface area contributed by atoms with Crippen LogP contribution in [0.3, 0.4) is 0 Å². The Balaban J connectivity index is 1.25. The van der Waals surface area contributed by atoms with Gasteiger partial charge in [0.1, 0.15) is 0 Å². The maximum atomic E-state index is 6.19. The number of fused-ring (bicyclic) bond motifs is 9. The van der Waals surface area contributed by atoms with Gasteiger partial charge in [-0.15, -0.1) is 0 Å². The van der Waals surface area contributed by atoms with Crippen molar-refractivity contribution in [2.45, 2.75) is 0 Å². The zero-order valence-corrected chi connectivity index (χ0v) is 30.1. The van der Waals surface area contributed by atoms with Crippen molar-refractivity contribution < 1.29 is 4.42 Å². The standard InChI is InChI=1S/C44H27GeN4OS/c1-4-14-28(15-5-1)34-24-25-38-40(46-34)37(27-50-38)48-35-22-12-10-20-31(35)33-26-39-41(47-44(33)48)42-43(51-39)32-21-11-13-23-36(32)49(42)45(29-16-6-2-7-17-29)30-18-8-3-9-19-30/h1-27H. The summed E-state index contributed by atoms with van der Waals surface area (Å²) < 4.78 is 16.4. The Hall–Kier alpha value is -5.96. The van der Waals surface area contributed by atoms with Crippen LogP contribution in [0, 0.1) is 0 Å². The molecule has 0 fully saturated rings. The molecule has 0 aliphatic rings. The van der Waals surface area contributed by atoms with Crippen molar-refractivity contribution in [2.75, 3.05) is 0 Å². The van der Waals surface area contributed by atoms with Crippen LogP contribution >= 0.6 is 11.3 Å². The fraction of sp³-hybridized carbons (Fsp3) is 0. The van der Waals surface area contributed by atoms with Crippen LogP contribution in [-0.2, 0) is 0 Å². The molecule has 7 heteroatoms. The Morgan fingerprint density at radius 1 is 0.569 bits per heavy atom. The number of para-hydroxylation sites is 2. The molecule has 0 saturated heterocycles. The van der Waals surface area contributed by atoms with Crippen LogP contribution in [-0.4, -0.2) is 32.6 Å². The Morgan fingerprint density at radius 3 is 1.96 bits per heavy atom. The third-order valence-electron chi connectivity index (χ3n) is 9.91. The number of furan rings is 1. The van der Waals surface area contributed by atoms with Crippen LogP contribution < -0.4 is 8.79 Å². The number of hydrogen-bond donors (Lipinski definition) is 0. The molecular weight excluding hydrogens is 705 g/mol. The summed E-state index contributed by atoms with van der Waals surface area (Å²) in [4.78, 5) is 10.9. The number of pyridine rings is 2. The first-order valence-corrected chi connectivity index (χ1v) is 20.9. The summed E-state index contributed by atoms with van der Waals surface area (Å²) in [6, 6.07) is 56.3. The molecule has 1 radical (unpaired) electrons. The molecule has 5 aromatic carbocycles. The molecule has 0 saturated carbocycles. The normalized spacial score (nSPS) is 12.1. The van der Waals surface area contributed by atoms with Crippen molar-refractivity contribution >= 4 is 99.1 Å². The van der Waals surface area contributed by atoms with E-state index in [1.54, 1.807) is 0 Å². The van der Waals surface area contributed by atoms with Gasteiger partial charge in [-0.2, -0.15) is 0 Å². The van der Waals surface area contributed by atoms with E-state index in [2.05, 4.69) is 135 Å². The monoisotopic (exact) mass is 733 g/mol. The van der Waals surface area contributed by atoms with E-state index in [1.807, 2.05) is 47.9 Å². The fourth-order valence-electron chi connectivity index (χ4n) is 7.67. The van der Waals surface area contributed by atoms with Crippen molar-refractivity contribution in [1.29, 1.82) is 0 Å². The van der Waals surface area contributed by atoms with Crippen molar-refractivity contribution in [3.8, 4) is 16.9 Å². The second kappa shape index (κ2) is 11.3. The van der Waals surface area contributed by atoms with E-state index in [0.29, 0.717) is 0 Å². The molecule has 6 heterocycles. The summed E-state index contributed by atoms with van der Waals surface area (Å²) in [5.41, 5.74) is 9.91. The van der Waals surface area contributed by atoms with Crippen LogP contribution in [0.5, 0.6) is 0 Å². The first-order valence-electron chi connectivity index (χ1n) is 17.0. The second-order valence-electron chi connectivity index (χ2n) is 12.8. The number of nitrogens with zero attached hydrogens (tertiary/aromatic N) is 4. The first-order chi connectivity index (χ1) is 25.3. The molecular formula is C44H27GeN4OS. The number of rotatable bonds is 5. The summed E-state index contributed by atoms with van der Waals surface area (Å²) in [5.74, 6) is 0. The van der Waals surface area contributed by atoms with Crippen molar-refractivity contribution in [3.05, 3.63) is 164 Å². The molecule has 5 nitrogen and oxygen atoms in total. The van der Waals surface area contributed by atoms with E-state index in [1.165, 1.54) is 34.6 Å². The fourth-order valence-corrected chi connectivity index (χ4v) is 14.8. The second-order valence-corrected chi connectivity index (χ2v) is 18.7. The van der Waals surface area contributed by atoms with Gasteiger partial charge >= 0.3 is 284 Å². The number of thiophene rings is 1. The van der Waals surface area contributed by atoms with E-state index in [-0.39, 0.29) is 0 Å². The van der Waals surface area contributed by atoms with Gasteiger partial charge in [-0.3, -0.25) is 0 Å². The predicted octanol–water partition coefficient (Wildman–Crippen LogP) is 9.96. The minimum absolute atomic E-state index is 0.746. The van der Waals surface area contributed by atoms with Crippen LogP contribution in [0.1, 0.15) is 0 Å². The molecule has 239 valence electrons. The minimum Gasteiger partial charge on any atom is -0.0616 e. The van der Waals surface area contributed by atoms with Gasteiger partial charge in [0, 0.05) is 0 Å². The van der Waals surface area contributed by atoms with Gasteiger partial charge in [0.15, 0.2) is 0 Å². The topological polar surface area (TPSA) is 48.8 Å². The molecule has 0 aliphatic carbocycles. The molecule has 0 spiro atoms. The number of hydrogen-bond acceptors (Lipinski definition) is 4. The SMILES string of the molecule is c1ccc(-c2ccc3occ(-n4c5ccccc5c5cc6sc7c8ccccc8[n]([Ge]([c]8ccccc8)[c]8ccccc8)c7c6nc54)c3n2)cc1. The van der Waals surface area contributed by atoms with Gasteiger partial charge in [0.2, 0.25) is 0 Å². The van der Waals surface area contributed by atoms with Crippen LogP contribution in [0.15, 0.2) is 168 Å². The van der Waals surface area contributed by atoms with E-state index in [0.717, 1.165) is 55.5 Å². The summed E-state index contributed by atoms with van der Waals surface area (Å²) in [7, 11) is 0. The first kappa shape index (κ1) is 28.8. The molecule has 0 N–H and O–H groups in total. The molecule has 51 heavy (non-hydrogen) atoms. The zero-order valence-electron chi connectivity index (χ0n) is 27.2. The summed E-state index contributed by atoms with van der Waals surface area (Å²) in [6.45, 7) is 0. The number of aromatic nitrogens is 4. The minimum atomic E-state index is -2.40. The maximum absolute atomic E-state index is 6.19. The zero-order chi connectivity index (χ0) is 33.5. The van der Waals surface area contributed by atoms with Crippen LogP contribution in [0.4, 0.5) is 0 Å². The van der Waals surface area contributed by atoms with Crippen molar-refractivity contribution in [1.82, 2.24) is 18.1 Å². The molecule has 11 aromatic rings. The van der Waals surface area contributed by atoms with Gasteiger partial charge < -0.3 is 0 Å². The molecule has 0 atom stereocenters. The van der Waals surface area contributed by atoms with Gasteiger partial charge in [-0.25, -0.2) is 0 Å². The average Bonchev–Trinajstić information content (AvgIpc) is 3.94. The Bertz CT molecular complexity index is 3050. The Morgan fingerprint density at radius 2 is 1.22 bits per heavy atom. The van der Waals surface area contributed by atoms with Gasteiger partial charge in [-0.1, -0.05) is 18.2 Å². The van der Waals surface area contributed by atoms with Gasteiger partial charge in [0.25, 0.3) is 0 Å². The third kappa shape index (κ3) is 4.33. The van der Waals surface area contributed by atoms with E-state index in [9.17, 15) is 0 Å². The molecule has 6 aromatic heterocycles. The van der Waals surface area contributed by atoms with Crippen LogP contribution in [0.2, 0.25) is 0 Å². The van der Waals surface area contributed by atoms with E-state index >= 15 is 0 Å². The summed E-state index contributed by atoms with van der Waals surface area (Å²) in [6.07, 6.45) is 1.83. The summed E-state index contributed by atoms with van der Waals surface area (Å²) in [5, 5.41) is 3.56. The number of benzene rings is 5.